The third-order valence-corrected chi connectivity index (χ3v) is 4.37. The summed E-state index contributed by atoms with van der Waals surface area (Å²) in [7, 11) is 0. The number of nitrogens with zero attached hydrogens (tertiary/aromatic N) is 1. The summed E-state index contributed by atoms with van der Waals surface area (Å²) in [6.07, 6.45) is -0.139. The van der Waals surface area contributed by atoms with Crippen LogP contribution in [-0.2, 0) is 0 Å². The largest absolute Gasteiger partial charge is 0.483 e. The van der Waals surface area contributed by atoms with E-state index in [1.54, 1.807) is 11.3 Å². The standard InChI is InChI=1S/C16H18N2OS/c1-10-4-5-20-16(10)14(9-18)19-15-11(2)6-13(8-17)7-12(15)3/h4-7,14H,9,18H2,1-3H3. The van der Waals surface area contributed by atoms with Gasteiger partial charge in [-0.05, 0) is 61.0 Å². The second-order valence-corrected chi connectivity index (χ2v) is 5.81. The van der Waals surface area contributed by atoms with Gasteiger partial charge in [0.2, 0.25) is 0 Å². The smallest absolute Gasteiger partial charge is 0.145 e. The number of nitriles is 1. The summed E-state index contributed by atoms with van der Waals surface area (Å²) >= 11 is 1.66. The van der Waals surface area contributed by atoms with E-state index in [2.05, 4.69) is 24.4 Å². The van der Waals surface area contributed by atoms with Crippen molar-refractivity contribution in [1.82, 2.24) is 0 Å². The van der Waals surface area contributed by atoms with Gasteiger partial charge in [0.25, 0.3) is 0 Å². The minimum atomic E-state index is -0.139. The molecule has 2 rings (SSSR count). The van der Waals surface area contributed by atoms with Crippen molar-refractivity contribution in [3.63, 3.8) is 0 Å². The maximum absolute atomic E-state index is 8.98. The Labute approximate surface area is 123 Å². The number of nitrogens with two attached hydrogens (primary N) is 1. The molecule has 1 aromatic heterocycles. The van der Waals surface area contributed by atoms with E-state index in [4.69, 9.17) is 15.7 Å². The lowest BCUT2D eigenvalue weighted by molar-refractivity contribution is 0.214. The van der Waals surface area contributed by atoms with Gasteiger partial charge in [-0.3, -0.25) is 0 Å². The zero-order valence-corrected chi connectivity index (χ0v) is 12.8. The average molecular weight is 286 g/mol. The van der Waals surface area contributed by atoms with Gasteiger partial charge < -0.3 is 10.5 Å². The van der Waals surface area contributed by atoms with Gasteiger partial charge in [-0.25, -0.2) is 0 Å². The van der Waals surface area contributed by atoms with Crippen molar-refractivity contribution in [3.8, 4) is 11.8 Å². The summed E-state index contributed by atoms with van der Waals surface area (Å²) in [6, 6.07) is 7.92. The average Bonchev–Trinajstić information content (AvgIpc) is 2.84. The van der Waals surface area contributed by atoms with Crippen LogP contribution in [0.1, 0.15) is 33.2 Å². The monoisotopic (exact) mass is 286 g/mol. The number of ether oxygens (including phenoxy) is 1. The fourth-order valence-electron chi connectivity index (χ4n) is 2.27. The van der Waals surface area contributed by atoms with Gasteiger partial charge in [0.15, 0.2) is 0 Å². The Bertz CT molecular complexity index is 632. The van der Waals surface area contributed by atoms with E-state index in [0.717, 1.165) is 21.8 Å². The number of aryl methyl sites for hydroxylation is 3. The molecule has 0 saturated heterocycles. The lowest BCUT2D eigenvalue weighted by Crippen LogP contribution is -2.19. The molecule has 2 N–H and O–H groups in total. The lowest BCUT2D eigenvalue weighted by Gasteiger charge is -2.20. The number of thiophene rings is 1. The van der Waals surface area contributed by atoms with Crippen molar-refractivity contribution in [2.45, 2.75) is 26.9 Å². The fourth-order valence-corrected chi connectivity index (χ4v) is 3.23. The molecule has 1 heterocycles. The van der Waals surface area contributed by atoms with Crippen LogP contribution in [0.5, 0.6) is 5.75 Å². The zero-order valence-electron chi connectivity index (χ0n) is 11.9. The van der Waals surface area contributed by atoms with Gasteiger partial charge in [0, 0.05) is 11.4 Å². The molecule has 0 amide bonds. The van der Waals surface area contributed by atoms with Gasteiger partial charge in [0.05, 0.1) is 11.6 Å². The van der Waals surface area contributed by atoms with Crippen LogP contribution in [0.3, 0.4) is 0 Å². The van der Waals surface area contributed by atoms with Crippen molar-refractivity contribution in [2.24, 2.45) is 5.73 Å². The second-order valence-electron chi connectivity index (χ2n) is 4.86. The second kappa shape index (κ2) is 6.08. The fraction of sp³-hybridized carbons (Fsp3) is 0.312. The molecule has 0 aliphatic heterocycles. The van der Waals surface area contributed by atoms with Gasteiger partial charge >= 0.3 is 0 Å². The van der Waals surface area contributed by atoms with Crippen LogP contribution in [0.25, 0.3) is 0 Å². The van der Waals surface area contributed by atoms with Gasteiger partial charge in [-0.1, -0.05) is 0 Å². The molecule has 0 saturated carbocycles. The van der Waals surface area contributed by atoms with Crippen LogP contribution in [-0.4, -0.2) is 6.54 Å². The molecule has 2 aromatic rings. The molecule has 104 valence electrons. The Balaban J connectivity index is 2.34. The Morgan fingerprint density at radius 1 is 1.25 bits per heavy atom. The number of hydrogen-bond donors (Lipinski definition) is 1. The minimum Gasteiger partial charge on any atom is -0.483 e. The van der Waals surface area contributed by atoms with Crippen LogP contribution >= 0.6 is 11.3 Å². The molecule has 1 aromatic carbocycles. The molecule has 0 aliphatic carbocycles. The molecule has 0 spiro atoms. The Morgan fingerprint density at radius 3 is 2.35 bits per heavy atom. The van der Waals surface area contributed by atoms with Crippen LogP contribution in [0.2, 0.25) is 0 Å². The first-order valence-corrected chi connectivity index (χ1v) is 7.36. The molecule has 20 heavy (non-hydrogen) atoms. The molecule has 1 unspecified atom stereocenters. The Morgan fingerprint density at radius 2 is 1.90 bits per heavy atom. The van der Waals surface area contributed by atoms with E-state index >= 15 is 0 Å². The molecule has 1 atom stereocenters. The molecular weight excluding hydrogens is 268 g/mol. The van der Waals surface area contributed by atoms with Crippen molar-refractivity contribution >= 4 is 11.3 Å². The van der Waals surface area contributed by atoms with Crippen molar-refractivity contribution < 1.29 is 4.74 Å². The van der Waals surface area contributed by atoms with Crippen molar-refractivity contribution in [2.75, 3.05) is 6.54 Å². The molecule has 0 aliphatic rings. The number of hydrogen-bond acceptors (Lipinski definition) is 4. The maximum atomic E-state index is 8.98. The van der Waals surface area contributed by atoms with E-state index in [0.29, 0.717) is 12.1 Å². The highest BCUT2D eigenvalue weighted by Crippen LogP contribution is 2.32. The zero-order chi connectivity index (χ0) is 14.7. The predicted octanol–water partition coefficient (Wildman–Crippen LogP) is 3.62. The highest BCUT2D eigenvalue weighted by atomic mass is 32.1. The first kappa shape index (κ1) is 14.6. The summed E-state index contributed by atoms with van der Waals surface area (Å²) in [5.74, 6) is 0.826. The summed E-state index contributed by atoms with van der Waals surface area (Å²) < 4.78 is 6.13. The number of benzene rings is 1. The van der Waals surface area contributed by atoms with E-state index in [1.807, 2.05) is 26.0 Å². The van der Waals surface area contributed by atoms with E-state index < -0.39 is 0 Å². The molecular formula is C16H18N2OS. The van der Waals surface area contributed by atoms with Gasteiger partial charge in [0.1, 0.15) is 11.9 Å². The highest BCUT2D eigenvalue weighted by molar-refractivity contribution is 7.10. The summed E-state index contributed by atoms with van der Waals surface area (Å²) in [6.45, 7) is 6.41. The van der Waals surface area contributed by atoms with Crippen molar-refractivity contribution in [3.05, 3.63) is 50.7 Å². The Hall–Kier alpha value is -1.83. The van der Waals surface area contributed by atoms with E-state index in [9.17, 15) is 0 Å². The molecule has 0 radical (unpaired) electrons. The maximum Gasteiger partial charge on any atom is 0.145 e. The van der Waals surface area contributed by atoms with Crippen LogP contribution < -0.4 is 10.5 Å². The van der Waals surface area contributed by atoms with Crippen molar-refractivity contribution in [1.29, 1.82) is 5.26 Å². The first-order valence-electron chi connectivity index (χ1n) is 6.49. The summed E-state index contributed by atoms with van der Waals surface area (Å²) in [5, 5.41) is 11.0. The first-order chi connectivity index (χ1) is 9.56. The minimum absolute atomic E-state index is 0.139. The van der Waals surface area contributed by atoms with Gasteiger partial charge in [-0.2, -0.15) is 5.26 Å². The predicted molar refractivity (Wildman–Crippen MR) is 82.1 cm³/mol. The van der Waals surface area contributed by atoms with E-state index in [1.165, 1.54) is 5.56 Å². The highest BCUT2D eigenvalue weighted by Gasteiger charge is 2.18. The quantitative estimate of drug-likeness (QED) is 0.933. The lowest BCUT2D eigenvalue weighted by atomic mass is 10.1. The topological polar surface area (TPSA) is 59.0 Å². The van der Waals surface area contributed by atoms with Gasteiger partial charge in [-0.15, -0.1) is 11.3 Å². The molecule has 0 bridgehead atoms. The Kier molecular flexibility index (Phi) is 4.43. The third kappa shape index (κ3) is 2.84. The summed E-state index contributed by atoms with van der Waals surface area (Å²) in [5.41, 5.74) is 9.66. The third-order valence-electron chi connectivity index (χ3n) is 3.26. The van der Waals surface area contributed by atoms with E-state index in [-0.39, 0.29) is 6.10 Å². The van der Waals surface area contributed by atoms with Crippen LogP contribution in [0.15, 0.2) is 23.6 Å². The molecule has 4 heteroatoms. The molecule has 3 nitrogen and oxygen atoms in total. The van der Waals surface area contributed by atoms with Crippen LogP contribution in [0, 0.1) is 32.1 Å². The SMILES string of the molecule is Cc1ccsc1C(CN)Oc1c(C)cc(C#N)cc1C. The normalized spacial score (nSPS) is 11.9. The van der Waals surface area contributed by atoms with Crippen LogP contribution in [0.4, 0.5) is 0 Å². The summed E-state index contributed by atoms with van der Waals surface area (Å²) in [4.78, 5) is 1.16. The number of rotatable bonds is 4. The molecule has 0 fully saturated rings.